The van der Waals surface area contributed by atoms with Crippen LogP contribution in [0.2, 0.25) is 0 Å². The molecule has 0 saturated carbocycles. The van der Waals surface area contributed by atoms with Crippen LogP contribution < -0.4 is 10.5 Å². The SMILES string of the molecule is COc1cc(S(=O)(=O)N(C)Cc2csc(C)n2)ccc1N. The zero-order valence-electron chi connectivity index (χ0n) is 12.0. The molecule has 0 fully saturated rings. The average Bonchev–Trinajstić information content (AvgIpc) is 2.84. The molecule has 2 aromatic rings. The van der Waals surface area contributed by atoms with Gasteiger partial charge < -0.3 is 10.5 Å². The molecular formula is C13H17N3O3S2. The van der Waals surface area contributed by atoms with Crippen molar-refractivity contribution in [2.45, 2.75) is 18.4 Å². The Morgan fingerprint density at radius 3 is 2.71 bits per heavy atom. The summed E-state index contributed by atoms with van der Waals surface area (Å²) in [6.45, 7) is 2.10. The third-order valence-electron chi connectivity index (χ3n) is 2.96. The maximum absolute atomic E-state index is 12.5. The van der Waals surface area contributed by atoms with Crippen LogP contribution in [0.1, 0.15) is 10.7 Å². The molecule has 0 radical (unpaired) electrons. The Morgan fingerprint density at radius 1 is 1.43 bits per heavy atom. The molecular weight excluding hydrogens is 310 g/mol. The van der Waals surface area contributed by atoms with Gasteiger partial charge in [-0.1, -0.05) is 0 Å². The fraction of sp³-hybridized carbons (Fsp3) is 0.308. The van der Waals surface area contributed by atoms with Gasteiger partial charge in [0.05, 0.1) is 34.9 Å². The first-order valence-corrected chi connectivity index (χ1v) is 8.47. The van der Waals surface area contributed by atoms with Gasteiger partial charge in [-0.2, -0.15) is 4.31 Å². The summed E-state index contributed by atoms with van der Waals surface area (Å²) in [5.74, 6) is 0.342. The van der Waals surface area contributed by atoms with Crippen molar-refractivity contribution >= 4 is 27.0 Å². The minimum Gasteiger partial charge on any atom is -0.495 e. The van der Waals surface area contributed by atoms with E-state index in [1.165, 1.54) is 48.0 Å². The molecule has 2 N–H and O–H groups in total. The van der Waals surface area contributed by atoms with E-state index in [1.54, 1.807) is 0 Å². The van der Waals surface area contributed by atoms with Crippen molar-refractivity contribution in [3.63, 3.8) is 0 Å². The number of nitrogen functional groups attached to an aromatic ring is 1. The number of aryl methyl sites for hydroxylation is 1. The summed E-state index contributed by atoms with van der Waals surface area (Å²) in [4.78, 5) is 4.42. The standard InChI is InChI=1S/C13H17N3O3S2/c1-9-15-10(8-20-9)7-16(2)21(17,18)11-4-5-12(14)13(6-11)19-3/h4-6,8H,7,14H2,1-3H3. The lowest BCUT2D eigenvalue weighted by atomic mass is 10.3. The van der Waals surface area contributed by atoms with E-state index in [1.807, 2.05) is 12.3 Å². The maximum atomic E-state index is 12.5. The first-order chi connectivity index (χ1) is 9.84. The number of methoxy groups -OCH3 is 1. The minimum absolute atomic E-state index is 0.142. The van der Waals surface area contributed by atoms with Crippen molar-refractivity contribution in [1.29, 1.82) is 0 Å². The van der Waals surface area contributed by atoms with E-state index in [4.69, 9.17) is 10.5 Å². The van der Waals surface area contributed by atoms with Crippen LogP contribution in [0.3, 0.4) is 0 Å². The summed E-state index contributed by atoms with van der Waals surface area (Å²) < 4.78 is 31.4. The van der Waals surface area contributed by atoms with Crippen molar-refractivity contribution in [3.8, 4) is 5.75 Å². The zero-order valence-corrected chi connectivity index (χ0v) is 13.7. The topological polar surface area (TPSA) is 85.5 Å². The Kier molecular flexibility index (Phi) is 4.50. The molecule has 1 aromatic heterocycles. The molecule has 0 saturated heterocycles. The van der Waals surface area contributed by atoms with E-state index >= 15 is 0 Å². The number of benzene rings is 1. The van der Waals surface area contributed by atoms with Gasteiger partial charge in [-0.25, -0.2) is 13.4 Å². The van der Waals surface area contributed by atoms with Crippen LogP contribution in [-0.4, -0.2) is 31.9 Å². The Morgan fingerprint density at radius 2 is 2.14 bits per heavy atom. The highest BCUT2D eigenvalue weighted by molar-refractivity contribution is 7.89. The van der Waals surface area contributed by atoms with E-state index in [0.717, 1.165) is 10.7 Å². The smallest absolute Gasteiger partial charge is 0.243 e. The predicted molar refractivity (Wildman–Crippen MR) is 82.9 cm³/mol. The van der Waals surface area contributed by atoms with Crippen LogP contribution in [0.15, 0.2) is 28.5 Å². The number of ether oxygens (including phenoxy) is 1. The lowest BCUT2D eigenvalue weighted by molar-refractivity contribution is 0.414. The van der Waals surface area contributed by atoms with E-state index < -0.39 is 10.0 Å². The van der Waals surface area contributed by atoms with Crippen LogP contribution >= 0.6 is 11.3 Å². The lowest BCUT2D eigenvalue weighted by Crippen LogP contribution is -2.26. The zero-order chi connectivity index (χ0) is 15.6. The van der Waals surface area contributed by atoms with E-state index in [2.05, 4.69) is 4.98 Å². The fourth-order valence-corrected chi connectivity index (χ4v) is 3.59. The lowest BCUT2D eigenvalue weighted by Gasteiger charge is -2.17. The van der Waals surface area contributed by atoms with Gasteiger partial charge in [0.1, 0.15) is 5.75 Å². The number of rotatable bonds is 5. The van der Waals surface area contributed by atoms with Crippen LogP contribution in [0.25, 0.3) is 0 Å². The van der Waals surface area contributed by atoms with Gasteiger partial charge in [0.15, 0.2) is 0 Å². The molecule has 0 bridgehead atoms. The summed E-state index contributed by atoms with van der Waals surface area (Å²) in [7, 11) is -0.646. The van der Waals surface area contributed by atoms with Gasteiger partial charge in [0, 0.05) is 18.5 Å². The van der Waals surface area contributed by atoms with Crippen molar-refractivity contribution in [1.82, 2.24) is 9.29 Å². The van der Waals surface area contributed by atoms with Gasteiger partial charge in [-0.3, -0.25) is 0 Å². The largest absolute Gasteiger partial charge is 0.495 e. The van der Waals surface area contributed by atoms with Crippen LogP contribution in [0.5, 0.6) is 5.75 Å². The highest BCUT2D eigenvalue weighted by Crippen LogP contribution is 2.26. The third kappa shape index (κ3) is 3.34. The molecule has 0 aliphatic rings. The van der Waals surface area contributed by atoms with Crippen molar-refractivity contribution in [2.75, 3.05) is 19.9 Å². The second-order valence-electron chi connectivity index (χ2n) is 4.52. The third-order valence-corrected chi connectivity index (χ3v) is 5.59. The van der Waals surface area contributed by atoms with Crippen molar-refractivity contribution in [3.05, 3.63) is 34.3 Å². The molecule has 0 aliphatic carbocycles. The Labute approximate surface area is 128 Å². The number of sulfonamides is 1. The summed E-state index contributed by atoms with van der Waals surface area (Å²) >= 11 is 1.49. The number of aromatic nitrogens is 1. The van der Waals surface area contributed by atoms with Gasteiger partial charge in [-0.05, 0) is 19.1 Å². The highest BCUT2D eigenvalue weighted by atomic mass is 32.2. The maximum Gasteiger partial charge on any atom is 0.243 e. The number of thiazole rings is 1. The van der Waals surface area contributed by atoms with Gasteiger partial charge in [0.25, 0.3) is 0 Å². The van der Waals surface area contributed by atoms with Crippen LogP contribution in [0.4, 0.5) is 5.69 Å². The second-order valence-corrected chi connectivity index (χ2v) is 7.63. The first kappa shape index (κ1) is 15.7. The summed E-state index contributed by atoms with van der Waals surface area (Å²) in [6.07, 6.45) is 0. The highest BCUT2D eigenvalue weighted by Gasteiger charge is 2.22. The predicted octanol–water partition coefficient (Wildman–Crippen LogP) is 1.86. The monoisotopic (exact) mass is 327 g/mol. The number of hydrogen-bond acceptors (Lipinski definition) is 6. The normalized spacial score (nSPS) is 11.8. The van der Waals surface area contributed by atoms with Gasteiger partial charge >= 0.3 is 0 Å². The molecule has 1 aromatic carbocycles. The molecule has 6 nitrogen and oxygen atoms in total. The summed E-state index contributed by atoms with van der Waals surface area (Å²) in [5, 5.41) is 2.76. The number of nitrogens with zero attached hydrogens (tertiary/aromatic N) is 2. The Bertz CT molecular complexity index is 741. The summed E-state index contributed by atoms with van der Waals surface area (Å²) in [5.41, 5.74) is 6.83. The van der Waals surface area contributed by atoms with E-state index in [9.17, 15) is 8.42 Å². The van der Waals surface area contributed by atoms with Gasteiger partial charge in [0.2, 0.25) is 10.0 Å². The van der Waals surface area contributed by atoms with E-state index in [0.29, 0.717) is 11.4 Å². The molecule has 21 heavy (non-hydrogen) atoms. The molecule has 0 amide bonds. The van der Waals surface area contributed by atoms with Crippen LogP contribution in [0, 0.1) is 6.92 Å². The Balaban J connectivity index is 2.28. The van der Waals surface area contributed by atoms with Gasteiger partial charge in [-0.15, -0.1) is 11.3 Å². The average molecular weight is 327 g/mol. The molecule has 1 heterocycles. The molecule has 2 rings (SSSR count). The number of anilines is 1. The molecule has 114 valence electrons. The molecule has 8 heteroatoms. The molecule has 0 atom stereocenters. The molecule has 0 unspecified atom stereocenters. The molecule has 0 aliphatic heterocycles. The molecule has 0 spiro atoms. The van der Waals surface area contributed by atoms with E-state index in [-0.39, 0.29) is 11.4 Å². The second kappa shape index (κ2) is 6.00. The number of hydrogen-bond donors (Lipinski definition) is 1. The van der Waals surface area contributed by atoms with Crippen molar-refractivity contribution < 1.29 is 13.2 Å². The number of nitrogens with two attached hydrogens (primary N) is 1. The van der Waals surface area contributed by atoms with Crippen molar-refractivity contribution in [2.24, 2.45) is 0 Å². The Hall–Kier alpha value is -1.64. The minimum atomic E-state index is -3.61. The van der Waals surface area contributed by atoms with Crippen LogP contribution in [-0.2, 0) is 16.6 Å². The fourth-order valence-electron chi connectivity index (χ4n) is 1.83. The first-order valence-electron chi connectivity index (χ1n) is 6.15. The summed E-state index contributed by atoms with van der Waals surface area (Å²) in [6, 6.07) is 4.41. The quantitative estimate of drug-likeness (QED) is 0.847.